The summed E-state index contributed by atoms with van der Waals surface area (Å²) in [6.45, 7) is 2.47. The fraction of sp³-hybridized carbons (Fsp3) is 0.188. The number of amides is 1. The van der Waals surface area contributed by atoms with Crippen molar-refractivity contribution in [3.05, 3.63) is 57.0 Å². The summed E-state index contributed by atoms with van der Waals surface area (Å²) >= 11 is 1.50. The van der Waals surface area contributed by atoms with Gasteiger partial charge in [0.25, 0.3) is 5.91 Å². The van der Waals surface area contributed by atoms with Crippen LogP contribution in [0.5, 0.6) is 0 Å². The van der Waals surface area contributed by atoms with Crippen LogP contribution in [0.3, 0.4) is 0 Å². The molecule has 1 aromatic heterocycles. The third kappa shape index (κ3) is 4.42. The zero-order valence-corrected chi connectivity index (χ0v) is 12.4. The van der Waals surface area contributed by atoms with E-state index in [-0.39, 0.29) is 5.91 Å². The zero-order chi connectivity index (χ0) is 15.2. The van der Waals surface area contributed by atoms with E-state index in [0.29, 0.717) is 18.7 Å². The van der Waals surface area contributed by atoms with Crippen LogP contribution in [-0.4, -0.2) is 12.5 Å². The molecule has 3 N–H and O–H groups in total. The second kappa shape index (κ2) is 7.02. The van der Waals surface area contributed by atoms with Crippen LogP contribution >= 0.6 is 11.3 Å². The van der Waals surface area contributed by atoms with E-state index in [1.807, 2.05) is 12.1 Å². The number of thiophene rings is 1. The molecule has 1 amide bonds. The summed E-state index contributed by atoms with van der Waals surface area (Å²) in [5.74, 6) is 5.02. The maximum absolute atomic E-state index is 13.3. The van der Waals surface area contributed by atoms with Gasteiger partial charge in [0, 0.05) is 10.4 Å². The Hall–Kier alpha value is -2.16. The number of benzene rings is 1. The highest BCUT2D eigenvalue weighted by Crippen LogP contribution is 2.15. The van der Waals surface area contributed by atoms with Gasteiger partial charge in [-0.25, -0.2) is 4.39 Å². The Morgan fingerprint density at radius 2 is 2.19 bits per heavy atom. The molecular weight excluding hydrogens is 287 g/mol. The Labute approximate surface area is 127 Å². The first-order valence-corrected chi connectivity index (χ1v) is 7.23. The molecule has 0 aliphatic rings. The van der Waals surface area contributed by atoms with Crippen LogP contribution in [0.15, 0.2) is 30.3 Å². The van der Waals surface area contributed by atoms with Gasteiger partial charge in [-0.15, -0.1) is 11.3 Å². The van der Waals surface area contributed by atoms with Gasteiger partial charge >= 0.3 is 0 Å². The molecule has 1 aromatic carbocycles. The van der Waals surface area contributed by atoms with Crippen LogP contribution in [0, 0.1) is 24.6 Å². The van der Waals surface area contributed by atoms with E-state index in [1.165, 1.54) is 23.5 Å². The maximum Gasteiger partial charge on any atom is 0.251 e. The van der Waals surface area contributed by atoms with Crippen molar-refractivity contribution in [2.24, 2.45) is 5.73 Å². The number of carbonyl (C=O) groups excluding carboxylic acids is 1. The Morgan fingerprint density at radius 3 is 2.90 bits per heavy atom. The first-order chi connectivity index (χ1) is 10.1. The van der Waals surface area contributed by atoms with Gasteiger partial charge in [-0.1, -0.05) is 11.8 Å². The lowest BCUT2D eigenvalue weighted by atomic mass is 10.1. The first kappa shape index (κ1) is 15.2. The molecular formula is C16H15FN2OS. The number of hydrogen-bond acceptors (Lipinski definition) is 3. The predicted octanol–water partition coefficient (Wildman–Crippen LogP) is 2.44. The van der Waals surface area contributed by atoms with Crippen molar-refractivity contribution < 1.29 is 9.18 Å². The third-order valence-corrected chi connectivity index (χ3v) is 3.70. The molecule has 1 heterocycles. The minimum atomic E-state index is -0.407. The molecule has 0 spiro atoms. The minimum absolute atomic E-state index is 0.291. The fourth-order valence-electron chi connectivity index (χ4n) is 1.82. The van der Waals surface area contributed by atoms with Crippen molar-refractivity contribution in [3.8, 4) is 11.8 Å². The average molecular weight is 302 g/mol. The summed E-state index contributed by atoms with van der Waals surface area (Å²) in [7, 11) is 0. The second-order valence-corrected chi connectivity index (χ2v) is 5.64. The monoisotopic (exact) mass is 302 g/mol. The fourth-order valence-corrected chi connectivity index (χ4v) is 2.64. The van der Waals surface area contributed by atoms with Crippen LogP contribution in [0.2, 0.25) is 0 Å². The van der Waals surface area contributed by atoms with E-state index < -0.39 is 5.82 Å². The van der Waals surface area contributed by atoms with E-state index in [1.54, 1.807) is 13.0 Å². The topological polar surface area (TPSA) is 55.1 Å². The molecule has 0 fully saturated rings. The summed E-state index contributed by atoms with van der Waals surface area (Å²) in [5.41, 5.74) is 6.36. The van der Waals surface area contributed by atoms with Gasteiger partial charge in [-0.3, -0.25) is 4.79 Å². The molecule has 2 rings (SSSR count). The lowest BCUT2D eigenvalue weighted by Gasteiger charge is -2.05. The second-order valence-electron chi connectivity index (χ2n) is 4.47. The highest BCUT2D eigenvalue weighted by Gasteiger charge is 2.08. The van der Waals surface area contributed by atoms with Crippen molar-refractivity contribution in [3.63, 3.8) is 0 Å². The molecule has 2 aromatic rings. The van der Waals surface area contributed by atoms with Crippen LogP contribution in [0.1, 0.15) is 25.7 Å². The summed E-state index contributed by atoms with van der Waals surface area (Å²) in [6.07, 6.45) is 0. The quantitative estimate of drug-likeness (QED) is 0.856. The molecule has 0 unspecified atom stereocenters. The lowest BCUT2D eigenvalue weighted by molar-refractivity contribution is 0.0950. The van der Waals surface area contributed by atoms with Crippen molar-refractivity contribution in [1.82, 2.24) is 5.32 Å². The summed E-state index contributed by atoms with van der Waals surface area (Å²) < 4.78 is 13.3. The van der Waals surface area contributed by atoms with Gasteiger partial charge in [0.15, 0.2) is 0 Å². The van der Waals surface area contributed by atoms with Gasteiger partial charge in [0.05, 0.1) is 18.0 Å². The minimum Gasteiger partial charge on any atom is -0.347 e. The summed E-state index contributed by atoms with van der Waals surface area (Å²) in [6, 6.07) is 8.07. The number of nitrogens with two attached hydrogens (primary N) is 1. The van der Waals surface area contributed by atoms with E-state index in [9.17, 15) is 9.18 Å². The molecule has 0 saturated carbocycles. The Kier molecular flexibility index (Phi) is 5.09. The van der Waals surface area contributed by atoms with Crippen molar-refractivity contribution in [1.29, 1.82) is 0 Å². The van der Waals surface area contributed by atoms with Crippen LogP contribution in [0.25, 0.3) is 0 Å². The van der Waals surface area contributed by atoms with Gasteiger partial charge in [0.2, 0.25) is 0 Å². The normalized spacial score (nSPS) is 9.86. The van der Waals surface area contributed by atoms with E-state index in [2.05, 4.69) is 17.2 Å². The molecule has 108 valence electrons. The predicted molar refractivity (Wildman–Crippen MR) is 82.6 cm³/mol. The van der Waals surface area contributed by atoms with Gasteiger partial charge in [0.1, 0.15) is 5.82 Å². The smallest absolute Gasteiger partial charge is 0.251 e. The standard InChI is InChI=1S/C16H15FN2OS/c1-11-7-12(9-13(17)8-11)16(20)19-10-15-5-4-14(21-15)3-2-6-18/h4-5,7-9H,6,10,18H2,1H3,(H,19,20). The van der Waals surface area contributed by atoms with Crippen LogP contribution < -0.4 is 11.1 Å². The highest BCUT2D eigenvalue weighted by molar-refractivity contribution is 7.12. The van der Waals surface area contributed by atoms with Gasteiger partial charge in [-0.2, -0.15) is 0 Å². The molecule has 0 saturated heterocycles. The van der Waals surface area contributed by atoms with E-state index in [4.69, 9.17) is 5.73 Å². The molecule has 0 aliphatic carbocycles. The Morgan fingerprint density at radius 1 is 1.38 bits per heavy atom. The molecule has 21 heavy (non-hydrogen) atoms. The molecule has 0 aliphatic heterocycles. The number of carbonyl (C=O) groups is 1. The molecule has 0 bridgehead atoms. The highest BCUT2D eigenvalue weighted by atomic mass is 32.1. The average Bonchev–Trinajstić information content (AvgIpc) is 2.89. The number of hydrogen-bond donors (Lipinski definition) is 2. The molecule has 3 nitrogen and oxygen atoms in total. The summed E-state index contributed by atoms with van der Waals surface area (Å²) in [5, 5.41) is 2.77. The van der Waals surface area contributed by atoms with Crippen LogP contribution in [0.4, 0.5) is 4.39 Å². The number of rotatable bonds is 3. The van der Waals surface area contributed by atoms with Crippen molar-refractivity contribution in [2.75, 3.05) is 6.54 Å². The number of nitrogens with one attached hydrogen (secondary N) is 1. The summed E-state index contributed by atoms with van der Waals surface area (Å²) in [4.78, 5) is 13.9. The van der Waals surface area contributed by atoms with E-state index in [0.717, 1.165) is 15.3 Å². The number of halogens is 1. The van der Waals surface area contributed by atoms with Crippen molar-refractivity contribution >= 4 is 17.2 Å². The van der Waals surface area contributed by atoms with E-state index >= 15 is 0 Å². The van der Waals surface area contributed by atoms with Gasteiger partial charge < -0.3 is 11.1 Å². The first-order valence-electron chi connectivity index (χ1n) is 6.41. The van der Waals surface area contributed by atoms with Crippen molar-refractivity contribution in [2.45, 2.75) is 13.5 Å². The third-order valence-electron chi connectivity index (χ3n) is 2.70. The van der Waals surface area contributed by atoms with Crippen LogP contribution in [-0.2, 0) is 6.54 Å². The molecule has 5 heteroatoms. The lowest BCUT2D eigenvalue weighted by Crippen LogP contribution is -2.22. The molecule has 0 atom stereocenters. The number of aryl methyl sites for hydroxylation is 1. The largest absolute Gasteiger partial charge is 0.347 e. The maximum atomic E-state index is 13.3. The zero-order valence-electron chi connectivity index (χ0n) is 11.6. The molecule has 0 radical (unpaired) electrons. The van der Waals surface area contributed by atoms with Gasteiger partial charge in [-0.05, 0) is 42.8 Å². The Bertz CT molecular complexity index is 692. The SMILES string of the molecule is Cc1cc(F)cc(C(=O)NCc2ccc(C#CCN)s2)c1. The Balaban J connectivity index is 1.99.